The van der Waals surface area contributed by atoms with Gasteiger partial charge in [0.1, 0.15) is 18.2 Å². The number of fused-ring (bicyclic) bond motifs is 1. The topological polar surface area (TPSA) is 66.4 Å². The summed E-state index contributed by atoms with van der Waals surface area (Å²) in [6.07, 6.45) is 13.9. The van der Waals surface area contributed by atoms with Gasteiger partial charge >= 0.3 is 0 Å². The summed E-state index contributed by atoms with van der Waals surface area (Å²) in [5.74, 6) is 2.13. The molecule has 4 rings (SSSR count). The maximum Gasteiger partial charge on any atom is 0.237 e. The fourth-order valence-corrected chi connectivity index (χ4v) is 5.17. The Balaban J connectivity index is 1.67. The van der Waals surface area contributed by atoms with Crippen LogP contribution in [0.5, 0.6) is 0 Å². The molecule has 5 heteroatoms. The van der Waals surface area contributed by atoms with Crippen LogP contribution < -0.4 is 20.5 Å². The van der Waals surface area contributed by atoms with Gasteiger partial charge < -0.3 is 15.5 Å². The Hall–Kier alpha value is -1.80. The molecule has 2 saturated carbocycles. The molecule has 1 atom stereocenters. The molecule has 0 amide bonds. The number of anilines is 2. The van der Waals surface area contributed by atoms with Crippen molar-refractivity contribution >= 4 is 11.6 Å². The van der Waals surface area contributed by atoms with Gasteiger partial charge in [-0.3, -0.25) is 0 Å². The van der Waals surface area contributed by atoms with Crippen LogP contribution in [0.4, 0.5) is 11.6 Å². The van der Waals surface area contributed by atoms with Gasteiger partial charge in [0.05, 0.1) is 31.2 Å². The standard InChI is InChI=1S/C22H33N5/c1-27-13-12-18-19(14-23)21(24-16-8-4-2-5-9-16)26-22(20(18)15-27)25-17-10-6-3-7-11-17/h16-17H,2-13,15H2,1H3,(H2,24,25,26)/p+2. The number of pyridine rings is 1. The number of nitrogens with zero attached hydrogens (tertiary/aromatic N) is 1. The van der Waals surface area contributed by atoms with Crippen LogP contribution in [0.25, 0.3) is 0 Å². The van der Waals surface area contributed by atoms with Crippen LogP contribution in [-0.4, -0.2) is 25.7 Å². The van der Waals surface area contributed by atoms with Crippen molar-refractivity contribution in [1.29, 1.82) is 5.26 Å². The van der Waals surface area contributed by atoms with Gasteiger partial charge in [0.15, 0.2) is 0 Å². The van der Waals surface area contributed by atoms with Crippen molar-refractivity contribution in [2.24, 2.45) is 0 Å². The molecule has 27 heavy (non-hydrogen) atoms. The normalized spacial score (nSPS) is 24.1. The third kappa shape index (κ3) is 4.21. The van der Waals surface area contributed by atoms with E-state index < -0.39 is 0 Å². The van der Waals surface area contributed by atoms with Gasteiger partial charge in [-0.05, 0) is 31.2 Å². The first-order valence-corrected chi connectivity index (χ1v) is 11.1. The minimum absolute atomic E-state index is 0.500. The monoisotopic (exact) mass is 369 g/mol. The highest BCUT2D eigenvalue weighted by Crippen LogP contribution is 2.29. The number of rotatable bonds is 4. The lowest BCUT2D eigenvalue weighted by Gasteiger charge is -2.28. The summed E-state index contributed by atoms with van der Waals surface area (Å²) < 4.78 is 0. The molecule has 0 aromatic carbocycles. The van der Waals surface area contributed by atoms with Crippen molar-refractivity contribution in [3.8, 4) is 6.07 Å². The molecule has 0 bridgehead atoms. The van der Waals surface area contributed by atoms with Gasteiger partial charge in [0, 0.05) is 6.42 Å². The average Bonchev–Trinajstić information content (AvgIpc) is 2.70. The van der Waals surface area contributed by atoms with Gasteiger partial charge in [-0.2, -0.15) is 5.26 Å². The highest BCUT2D eigenvalue weighted by Gasteiger charge is 2.31. The fraction of sp³-hybridized carbons (Fsp3) is 0.727. The van der Waals surface area contributed by atoms with Gasteiger partial charge in [-0.25, -0.2) is 4.98 Å². The molecule has 0 saturated heterocycles. The molecule has 146 valence electrons. The quantitative estimate of drug-likeness (QED) is 0.764. The van der Waals surface area contributed by atoms with Crippen LogP contribution in [0, 0.1) is 11.3 Å². The zero-order valence-corrected chi connectivity index (χ0v) is 16.8. The van der Waals surface area contributed by atoms with Gasteiger partial charge in [0.2, 0.25) is 11.6 Å². The van der Waals surface area contributed by atoms with E-state index in [9.17, 15) is 5.26 Å². The first-order valence-electron chi connectivity index (χ1n) is 11.1. The Bertz CT molecular complexity index is 696. The molecule has 1 unspecified atom stereocenters. The van der Waals surface area contributed by atoms with E-state index in [1.54, 1.807) is 0 Å². The van der Waals surface area contributed by atoms with E-state index in [4.69, 9.17) is 0 Å². The predicted octanol–water partition coefficient (Wildman–Crippen LogP) is 2.43. The molecule has 0 spiro atoms. The van der Waals surface area contributed by atoms with Gasteiger partial charge in [0.25, 0.3) is 0 Å². The summed E-state index contributed by atoms with van der Waals surface area (Å²) in [6.45, 7) is 2.11. The zero-order chi connectivity index (χ0) is 18.6. The molecule has 4 N–H and O–H groups in total. The fourth-order valence-electron chi connectivity index (χ4n) is 5.17. The number of aromatic amines is 1. The van der Waals surface area contributed by atoms with Crippen molar-refractivity contribution in [3.63, 3.8) is 0 Å². The molecule has 2 heterocycles. The van der Waals surface area contributed by atoms with Crippen molar-refractivity contribution in [1.82, 2.24) is 0 Å². The number of hydrogen-bond donors (Lipinski definition) is 3. The molecular formula is C22H35N5+2. The third-order valence-corrected chi connectivity index (χ3v) is 6.77. The van der Waals surface area contributed by atoms with E-state index in [0.717, 1.165) is 30.9 Å². The molecule has 1 aromatic rings. The summed E-state index contributed by atoms with van der Waals surface area (Å²) in [5, 5.41) is 17.5. The maximum atomic E-state index is 9.94. The molecule has 3 aliphatic rings. The second-order valence-electron chi connectivity index (χ2n) is 8.91. The van der Waals surface area contributed by atoms with Crippen molar-refractivity contribution in [3.05, 3.63) is 16.7 Å². The van der Waals surface area contributed by atoms with Crippen LogP contribution in [-0.2, 0) is 13.0 Å². The Morgan fingerprint density at radius 3 is 2.07 bits per heavy atom. The van der Waals surface area contributed by atoms with E-state index in [-0.39, 0.29) is 0 Å². The highest BCUT2D eigenvalue weighted by molar-refractivity contribution is 5.61. The summed E-state index contributed by atoms with van der Waals surface area (Å²) in [5.41, 5.74) is 3.48. The molecular weight excluding hydrogens is 334 g/mol. The molecule has 2 aliphatic carbocycles. The number of nitriles is 1. The van der Waals surface area contributed by atoms with E-state index in [1.807, 2.05) is 0 Å². The largest absolute Gasteiger partial charge is 0.333 e. The number of quaternary nitrogens is 1. The number of H-pyrrole nitrogens is 1. The summed E-state index contributed by atoms with van der Waals surface area (Å²) in [6, 6.07) is 3.59. The van der Waals surface area contributed by atoms with Crippen LogP contribution in [0.1, 0.15) is 80.9 Å². The van der Waals surface area contributed by atoms with Crippen LogP contribution >= 0.6 is 0 Å². The van der Waals surface area contributed by atoms with E-state index >= 15 is 0 Å². The molecule has 5 nitrogen and oxygen atoms in total. The molecule has 2 fully saturated rings. The first-order chi connectivity index (χ1) is 13.2. The second kappa shape index (κ2) is 8.48. The van der Waals surface area contributed by atoms with Crippen LogP contribution in [0.3, 0.4) is 0 Å². The van der Waals surface area contributed by atoms with Crippen molar-refractivity contribution < 1.29 is 9.88 Å². The number of likely N-dealkylation sites (N-methyl/N-ethyl adjacent to an activating group) is 1. The lowest BCUT2D eigenvalue weighted by Crippen LogP contribution is -3.08. The van der Waals surface area contributed by atoms with Crippen molar-refractivity contribution in [2.45, 2.75) is 89.3 Å². The SMILES string of the molecule is C[NH+]1CCc2c(C#N)c(NC3CCCCC3)[nH+]c(NC3CCCCC3)c2C1. The molecule has 1 aromatic heterocycles. The first kappa shape index (κ1) is 18.6. The number of aromatic nitrogens is 1. The lowest BCUT2D eigenvalue weighted by atomic mass is 9.92. The number of hydrogen-bond acceptors (Lipinski definition) is 3. The Morgan fingerprint density at radius 1 is 0.889 bits per heavy atom. The molecule has 1 aliphatic heterocycles. The van der Waals surface area contributed by atoms with E-state index in [0.29, 0.717) is 12.1 Å². The van der Waals surface area contributed by atoms with Crippen molar-refractivity contribution in [2.75, 3.05) is 24.2 Å². The minimum Gasteiger partial charge on any atom is -0.333 e. The predicted molar refractivity (Wildman–Crippen MR) is 108 cm³/mol. The van der Waals surface area contributed by atoms with Gasteiger partial charge in [-0.15, -0.1) is 0 Å². The Morgan fingerprint density at radius 2 is 1.48 bits per heavy atom. The van der Waals surface area contributed by atoms with Crippen LogP contribution in [0.2, 0.25) is 0 Å². The van der Waals surface area contributed by atoms with Gasteiger partial charge in [-0.1, -0.05) is 38.5 Å². The number of nitrogens with one attached hydrogen (secondary N) is 4. The maximum absolute atomic E-state index is 9.94. The summed E-state index contributed by atoms with van der Waals surface area (Å²) in [4.78, 5) is 5.18. The van der Waals surface area contributed by atoms with E-state index in [1.165, 1.54) is 86.1 Å². The Labute approximate surface area is 163 Å². The lowest BCUT2D eigenvalue weighted by molar-refractivity contribution is -0.895. The third-order valence-electron chi connectivity index (χ3n) is 6.77. The minimum atomic E-state index is 0.500. The molecule has 0 radical (unpaired) electrons. The summed E-state index contributed by atoms with van der Waals surface area (Å²) >= 11 is 0. The highest BCUT2D eigenvalue weighted by atomic mass is 15.1. The average molecular weight is 370 g/mol. The van der Waals surface area contributed by atoms with E-state index in [2.05, 4.69) is 28.7 Å². The Kier molecular flexibility index (Phi) is 5.83. The zero-order valence-electron chi connectivity index (χ0n) is 16.8. The van der Waals surface area contributed by atoms with Crippen LogP contribution in [0.15, 0.2) is 0 Å². The summed E-state index contributed by atoms with van der Waals surface area (Å²) in [7, 11) is 2.26. The smallest absolute Gasteiger partial charge is 0.237 e. The second-order valence-corrected chi connectivity index (χ2v) is 8.91.